The molecular formula is C12H16O2. The van der Waals surface area contributed by atoms with Crippen LogP contribution in [-0.4, -0.2) is 14.2 Å². The van der Waals surface area contributed by atoms with Gasteiger partial charge < -0.3 is 9.47 Å². The highest BCUT2D eigenvalue weighted by Gasteiger charge is 2.02. The summed E-state index contributed by atoms with van der Waals surface area (Å²) in [5, 5.41) is 0. The Hall–Kier alpha value is -1.44. The predicted molar refractivity (Wildman–Crippen MR) is 58.1 cm³/mol. The summed E-state index contributed by atoms with van der Waals surface area (Å²) in [5.74, 6) is 1.56. The van der Waals surface area contributed by atoms with Gasteiger partial charge in [0.15, 0.2) is 11.5 Å². The predicted octanol–water partition coefficient (Wildman–Crippen LogP) is 2.82. The van der Waals surface area contributed by atoms with Crippen LogP contribution >= 0.6 is 0 Å². The first-order valence-electron chi connectivity index (χ1n) is 4.64. The van der Waals surface area contributed by atoms with Crippen LogP contribution in [0.1, 0.15) is 12.5 Å². The van der Waals surface area contributed by atoms with Gasteiger partial charge in [-0.05, 0) is 31.0 Å². The van der Waals surface area contributed by atoms with Crippen molar-refractivity contribution >= 4 is 0 Å². The van der Waals surface area contributed by atoms with Crippen molar-refractivity contribution in [1.82, 2.24) is 0 Å². The normalized spacial score (nSPS) is 10.5. The molecule has 2 nitrogen and oxygen atoms in total. The van der Waals surface area contributed by atoms with Gasteiger partial charge in [-0.2, -0.15) is 0 Å². The first-order valence-corrected chi connectivity index (χ1v) is 4.64. The molecule has 2 heteroatoms. The summed E-state index contributed by atoms with van der Waals surface area (Å²) >= 11 is 0. The molecule has 0 aliphatic carbocycles. The van der Waals surface area contributed by atoms with Crippen molar-refractivity contribution in [1.29, 1.82) is 0 Å². The number of hydrogen-bond acceptors (Lipinski definition) is 2. The molecule has 0 aromatic heterocycles. The van der Waals surface area contributed by atoms with Crippen LogP contribution in [0.2, 0.25) is 0 Å². The maximum Gasteiger partial charge on any atom is 0.160 e. The minimum atomic E-state index is 0.775. The maximum absolute atomic E-state index is 5.21. The number of methoxy groups -OCH3 is 2. The van der Waals surface area contributed by atoms with Gasteiger partial charge >= 0.3 is 0 Å². The Labute approximate surface area is 85.2 Å². The molecule has 0 atom stereocenters. The van der Waals surface area contributed by atoms with Gasteiger partial charge in [0.1, 0.15) is 0 Å². The summed E-state index contributed by atoms with van der Waals surface area (Å²) in [6.07, 6.45) is 5.08. The molecule has 1 aromatic carbocycles. The standard InChI is InChI=1S/C12H16O2/c1-4-5-6-10-7-8-11(13-2)12(9-10)14-3/h4-5,7-9H,6H2,1-3H3/b5-4-. The average molecular weight is 192 g/mol. The van der Waals surface area contributed by atoms with Crippen molar-refractivity contribution in [3.8, 4) is 11.5 Å². The second-order valence-electron chi connectivity index (χ2n) is 2.96. The topological polar surface area (TPSA) is 18.5 Å². The summed E-state index contributed by atoms with van der Waals surface area (Å²) in [6, 6.07) is 5.97. The van der Waals surface area contributed by atoms with E-state index in [1.165, 1.54) is 5.56 Å². The second kappa shape index (κ2) is 5.32. The quantitative estimate of drug-likeness (QED) is 0.683. The molecule has 0 heterocycles. The van der Waals surface area contributed by atoms with Gasteiger partial charge in [0.2, 0.25) is 0 Å². The monoisotopic (exact) mass is 192 g/mol. The van der Waals surface area contributed by atoms with Crippen LogP contribution in [0.25, 0.3) is 0 Å². The molecule has 0 radical (unpaired) electrons. The van der Waals surface area contributed by atoms with Crippen molar-refractivity contribution in [2.75, 3.05) is 14.2 Å². The van der Waals surface area contributed by atoms with Gasteiger partial charge in [0.05, 0.1) is 14.2 Å². The van der Waals surface area contributed by atoms with Crippen molar-refractivity contribution < 1.29 is 9.47 Å². The number of rotatable bonds is 4. The van der Waals surface area contributed by atoms with Gasteiger partial charge in [-0.3, -0.25) is 0 Å². The van der Waals surface area contributed by atoms with Crippen LogP contribution in [0.15, 0.2) is 30.4 Å². The molecule has 0 aliphatic rings. The third-order valence-corrected chi connectivity index (χ3v) is 2.04. The fraction of sp³-hybridized carbons (Fsp3) is 0.333. The second-order valence-corrected chi connectivity index (χ2v) is 2.96. The Morgan fingerprint density at radius 1 is 1.14 bits per heavy atom. The van der Waals surface area contributed by atoms with E-state index in [9.17, 15) is 0 Å². The highest BCUT2D eigenvalue weighted by Crippen LogP contribution is 2.27. The molecule has 0 amide bonds. The fourth-order valence-corrected chi connectivity index (χ4v) is 1.26. The highest BCUT2D eigenvalue weighted by atomic mass is 16.5. The van der Waals surface area contributed by atoms with Gasteiger partial charge in [0, 0.05) is 0 Å². The summed E-state index contributed by atoms with van der Waals surface area (Å²) in [5.41, 5.74) is 1.22. The summed E-state index contributed by atoms with van der Waals surface area (Å²) in [4.78, 5) is 0. The van der Waals surface area contributed by atoms with Gasteiger partial charge in [0.25, 0.3) is 0 Å². The zero-order chi connectivity index (χ0) is 10.4. The van der Waals surface area contributed by atoms with E-state index in [0.717, 1.165) is 17.9 Å². The van der Waals surface area contributed by atoms with Crippen LogP contribution in [0.4, 0.5) is 0 Å². The average Bonchev–Trinajstić information content (AvgIpc) is 2.25. The lowest BCUT2D eigenvalue weighted by molar-refractivity contribution is 0.354. The third kappa shape index (κ3) is 2.52. The van der Waals surface area contributed by atoms with Crippen molar-refractivity contribution in [3.05, 3.63) is 35.9 Å². The van der Waals surface area contributed by atoms with Gasteiger partial charge in [-0.1, -0.05) is 18.2 Å². The van der Waals surface area contributed by atoms with E-state index in [1.54, 1.807) is 14.2 Å². The molecule has 76 valence electrons. The van der Waals surface area contributed by atoms with Crippen molar-refractivity contribution in [2.24, 2.45) is 0 Å². The Kier molecular flexibility index (Phi) is 4.05. The third-order valence-electron chi connectivity index (χ3n) is 2.04. The maximum atomic E-state index is 5.21. The molecule has 14 heavy (non-hydrogen) atoms. The van der Waals surface area contributed by atoms with Crippen LogP contribution in [0, 0.1) is 0 Å². The largest absolute Gasteiger partial charge is 0.493 e. The molecule has 0 N–H and O–H groups in total. The zero-order valence-electron chi connectivity index (χ0n) is 8.91. The van der Waals surface area contributed by atoms with Crippen LogP contribution in [0.3, 0.4) is 0 Å². The van der Waals surface area contributed by atoms with E-state index in [0.29, 0.717) is 0 Å². The van der Waals surface area contributed by atoms with E-state index in [2.05, 4.69) is 6.08 Å². The minimum absolute atomic E-state index is 0.775. The van der Waals surface area contributed by atoms with Crippen LogP contribution < -0.4 is 9.47 Å². The first kappa shape index (κ1) is 10.6. The Morgan fingerprint density at radius 2 is 1.86 bits per heavy atom. The Bertz CT molecular complexity index is 316. The van der Waals surface area contributed by atoms with Crippen molar-refractivity contribution in [2.45, 2.75) is 13.3 Å². The number of ether oxygens (including phenoxy) is 2. The first-order chi connectivity index (χ1) is 6.81. The SMILES string of the molecule is C/C=C\Cc1ccc(OC)c(OC)c1. The summed E-state index contributed by atoms with van der Waals surface area (Å²) in [6.45, 7) is 2.01. The lowest BCUT2D eigenvalue weighted by atomic mass is 10.1. The molecule has 0 bridgehead atoms. The Balaban J connectivity index is 2.89. The highest BCUT2D eigenvalue weighted by molar-refractivity contribution is 5.43. The van der Waals surface area contributed by atoms with Gasteiger partial charge in [-0.25, -0.2) is 0 Å². The van der Waals surface area contributed by atoms with Gasteiger partial charge in [-0.15, -0.1) is 0 Å². The molecule has 0 fully saturated rings. The van der Waals surface area contributed by atoms with E-state index >= 15 is 0 Å². The lowest BCUT2D eigenvalue weighted by Crippen LogP contribution is -1.91. The van der Waals surface area contributed by atoms with E-state index < -0.39 is 0 Å². The van der Waals surface area contributed by atoms with E-state index in [-0.39, 0.29) is 0 Å². The fourth-order valence-electron chi connectivity index (χ4n) is 1.26. The molecule has 1 rings (SSSR count). The molecule has 0 saturated carbocycles. The van der Waals surface area contributed by atoms with Crippen LogP contribution in [-0.2, 0) is 6.42 Å². The Morgan fingerprint density at radius 3 is 2.43 bits per heavy atom. The minimum Gasteiger partial charge on any atom is -0.493 e. The summed E-state index contributed by atoms with van der Waals surface area (Å²) < 4.78 is 10.4. The van der Waals surface area contributed by atoms with Crippen LogP contribution in [0.5, 0.6) is 11.5 Å². The molecule has 1 aromatic rings. The number of benzene rings is 1. The smallest absolute Gasteiger partial charge is 0.160 e. The zero-order valence-corrected chi connectivity index (χ0v) is 8.91. The molecular weight excluding hydrogens is 176 g/mol. The number of allylic oxidation sites excluding steroid dienone is 2. The molecule has 0 unspecified atom stereocenters. The summed E-state index contributed by atoms with van der Waals surface area (Å²) in [7, 11) is 3.29. The van der Waals surface area contributed by atoms with E-state index in [1.807, 2.05) is 31.2 Å². The lowest BCUT2D eigenvalue weighted by Gasteiger charge is -2.08. The van der Waals surface area contributed by atoms with Crippen molar-refractivity contribution in [3.63, 3.8) is 0 Å². The molecule has 0 spiro atoms. The van der Waals surface area contributed by atoms with E-state index in [4.69, 9.17) is 9.47 Å². The molecule has 0 saturated heterocycles. The molecule has 0 aliphatic heterocycles. The number of hydrogen-bond donors (Lipinski definition) is 0.